The number of hydrogen-bond acceptors (Lipinski definition) is 5. The summed E-state index contributed by atoms with van der Waals surface area (Å²) < 4.78 is 0. The first-order valence-corrected chi connectivity index (χ1v) is 13.0. The third-order valence-electron chi connectivity index (χ3n) is 6.09. The number of anilines is 1. The molecular formula is C28H34N4OS. The average molecular weight is 475 g/mol. The van der Waals surface area contributed by atoms with Crippen LogP contribution in [0, 0.1) is 0 Å². The molecule has 1 atom stereocenters. The van der Waals surface area contributed by atoms with Crippen LogP contribution in [0.2, 0.25) is 0 Å². The average Bonchev–Trinajstić information content (AvgIpc) is 3.38. The van der Waals surface area contributed by atoms with Gasteiger partial charge in [-0.15, -0.1) is 0 Å². The van der Waals surface area contributed by atoms with Gasteiger partial charge in [0, 0.05) is 35.9 Å². The molecule has 0 radical (unpaired) electrons. The second-order valence-electron chi connectivity index (χ2n) is 9.93. The van der Waals surface area contributed by atoms with Crippen LogP contribution in [0.15, 0.2) is 65.8 Å². The first-order valence-electron chi connectivity index (χ1n) is 12.0. The fourth-order valence-electron chi connectivity index (χ4n) is 4.03. The molecule has 1 saturated heterocycles. The van der Waals surface area contributed by atoms with Gasteiger partial charge < -0.3 is 10.2 Å². The summed E-state index contributed by atoms with van der Waals surface area (Å²) in [6, 6.07) is 19.9. The van der Waals surface area contributed by atoms with Crippen molar-refractivity contribution in [3.63, 3.8) is 0 Å². The first kappa shape index (κ1) is 24.3. The SMILES string of the molecule is CC(NC(=O)c1cccc(CSc2nc(N3CCCC3)cc(C(C)(C)C)n2)c1)c1ccccc1. The lowest BCUT2D eigenvalue weighted by Crippen LogP contribution is -2.26. The van der Waals surface area contributed by atoms with Gasteiger partial charge in [-0.3, -0.25) is 4.79 Å². The monoisotopic (exact) mass is 474 g/mol. The molecule has 1 aliphatic rings. The molecule has 1 amide bonds. The summed E-state index contributed by atoms with van der Waals surface area (Å²) in [6.07, 6.45) is 2.43. The van der Waals surface area contributed by atoms with Crippen molar-refractivity contribution >= 4 is 23.5 Å². The molecule has 1 fully saturated rings. The zero-order valence-corrected chi connectivity index (χ0v) is 21.4. The van der Waals surface area contributed by atoms with E-state index in [1.807, 2.05) is 55.5 Å². The lowest BCUT2D eigenvalue weighted by Gasteiger charge is -2.23. The minimum Gasteiger partial charge on any atom is -0.356 e. The van der Waals surface area contributed by atoms with Gasteiger partial charge in [-0.1, -0.05) is 75.0 Å². The fraction of sp³-hybridized carbons (Fsp3) is 0.393. The van der Waals surface area contributed by atoms with Gasteiger partial charge in [0.15, 0.2) is 5.16 Å². The Morgan fingerprint density at radius 2 is 1.76 bits per heavy atom. The van der Waals surface area contributed by atoms with Gasteiger partial charge >= 0.3 is 0 Å². The molecule has 5 nitrogen and oxygen atoms in total. The van der Waals surface area contributed by atoms with E-state index in [-0.39, 0.29) is 17.4 Å². The minimum atomic E-state index is -0.0643. The van der Waals surface area contributed by atoms with Gasteiger partial charge in [0.2, 0.25) is 0 Å². The largest absolute Gasteiger partial charge is 0.356 e. The van der Waals surface area contributed by atoms with E-state index >= 15 is 0 Å². The van der Waals surface area contributed by atoms with Crippen LogP contribution in [-0.2, 0) is 11.2 Å². The number of nitrogens with zero attached hydrogens (tertiary/aromatic N) is 3. The Hall–Kier alpha value is -2.86. The zero-order valence-electron chi connectivity index (χ0n) is 20.5. The maximum atomic E-state index is 12.9. The van der Waals surface area contributed by atoms with Crippen LogP contribution < -0.4 is 10.2 Å². The maximum Gasteiger partial charge on any atom is 0.251 e. The number of rotatable bonds is 7. The predicted molar refractivity (Wildman–Crippen MR) is 141 cm³/mol. The molecular weight excluding hydrogens is 440 g/mol. The van der Waals surface area contributed by atoms with E-state index in [9.17, 15) is 4.79 Å². The number of aromatic nitrogens is 2. The molecule has 178 valence electrons. The molecule has 34 heavy (non-hydrogen) atoms. The minimum absolute atomic E-state index is 0.0415. The van der Waals surface area contributed by atoms with Crippen LogP contribution in [0.3, 0.4) is 0 Å². The highest BCUT2D eigenvalue weighted by Gasteiger charge is 2.22. The number of hydrogen-bond donors (Lipinski definition) is 1. The van der Waals surface area contributed by atoms with Gasteiger partial charge in [-0.25, -0.2) is 9.97 Å². The molecule has 6 heteroatoms. The number of benzene rings is 2. The maximum absolute atomic E-state index is 12.9. The van der Waals surface area contributed by atoms with Crippen molar-refractivity contribution in [3.8, 4) is 0 Å². The van der Waals surface area contributed by atoms with Crippen LogP contribution in [0.5, 0.6) is 0 Å². The van der Waals surface area contributed by atoms with Crippen LogP contribution in [-0.4, -0.2) is 29.0 Å². The predicted octanol–water partition coefficient (Wildman–Crippen LogP) is 6.16. The standard InChI is InChI=1S/C28H34N4OS/c1-20(22-12-6-5-7-13-22)29-26(33)23-14-10-11-21(17-23)19-34-27-30-24(28(2,3)4)18-25(31-27)32-15-8-9-16-32/h5-7,10-14,17-18,20H,8-9,15-16,19H2,1-4H3,(H,29,33). The summed E-state index contributed by atoms with van der Waals surface area (Å²) in [4.78, 5) is 25.0. The lowest BCUT2D eigenvalue weighted by atomic mass is 9.92. The second-order valence-corrected chi connectivity index (χ2v) is 10.9. The molecule has 2 aromatic carbocycles. The zero-order chi connectivity index (χ0) is 24.1. The summed E-state index contributed by atoms with van der Waals surface area (Å²) in [7, 11) is 0. The Balaban J connectivity index is 1.46. The van der Waals surface area contributed by atoms with Crippen molar-refractivity contribution in [1.82, 2.24) is 15.3 Å². The van der Waals surface area contributed by atoms with E-state index in [0.29, 0.717) is 11.3 Å². The normalized spacial score (nSPS) is 14.8. The van der Waals surface area contributed by atoms with E-state index in [0.717, 1.165) is 40.9 Å². The molecule has 1 unspecified atom stereocenters. The van der Waals surface area contributed by atoms with Crippen molar-refractivity contribution in [1.29, 1.82) is 0 Å². The number of thioether (sulfide) groups is 1. The molecule has 3 aromatic rings. The number of carbonyl (C=O) groups is 1. The number of amides is 1. The molecule has 1 aliphatic heterocycles. The quantitative estimate of drug-likeness (QED) is 0.328. The summed E-state index contributed by atoms with van der Waals surface area (Å²) >= 11 is 1.63. The van der Waals surface area contributed by atoms with Gasteiger partial charge in [0.05, 0.1) is 11.7 Å². The summed E-state index contributed by atoms with van der Waals surface area (Å²) in [5, 5.41) is 3.89. The molecule has 2 heterocycles. The highest BCUT2D eigenvalue weighted by atomic mass is 32.2. The molecule has 0 saturated carbocycles. The topological polar surface area (TPSA) is 58.1 Å². The van der Waals surface area contributed by atoms with Crippen LogP contribution in [0.4, 0.5) is 5.82 Å². The van der Waals surface area contributed by atoms with Crippen LogP contribution in [0.1, 0.15) is 73.8 Å². The van der Waals surface area contributed by atoms with Crippen molar-refractivity contribution in [3.05, 3.63) is 83.0 Å². The van der Waals surface area contributed by atoms with E-state index in [1.165, 1.54) is 12.8 Å². The molecule has 1 N–H and O–H groups in total. The molecule has 0 spiro atoms. The molecule has 0 bridgehead atoms. The molecule has 0 aliphatic carbocycles. The van der Waals surface area contributed by atoms with Gasteiger partial charge in [0.25, 0.3) is 5.91 Å². The third-order valence-corrected chi connectivity index (χ3v) is 7.01. The van der Waals surface area contributed by atoms with Crippen LogP contribution in [0.25, 0.3) is 0 Å². The smallest absolute Gasteiger partial charge is 0.251 e. The van der Waals surface area contributed by atoms with Crippen molar-refractivity contribution in [2.75, 3.05) is 18.0 Å². The van der Waals surface area contributed by atoms with Gasteiger partial charge in [-0.05, 0) is 43.0 Å². The van der Waals surface area contributed by atoms with E-state index in [4.69, 9.17) is 9.97 Å². The van der Waals surface area contributed by atoms with Crippen molar-refractivity contribution in [2.45, 2.75) is 62.9 Å². The summed E-state index contributed by atoms with van der Waals surface area (Å²) in [5.41, 5.74) is 3.86. The Morgan fingerprint density at radius 1 is 1.03 bits per heavy atom. The Kier molecular flexibility index (Phi) is 7.57. The van der Waals surface area contributed by atoms with E-state index in [1.54, 1.807) is 11.8 Å². The number of carbonyl (C=O) groups excluding carboxylic acids is 1. The Bertz CT molecular complexity index is 1120. The Morgan fingerprint density at radius 3 is 2.47 bits per heavy atom. The van der Waals surface area contributed by atoms with E-state index < -0.39 is 0 Å². The molecule has 1 aromatic heterocycles. The van der Waals surface area contributed by atoms with Crippen molar-refractivity contribution in [2.24, 2.45) is 0 Å². The second kappa shape index (κ2) is 10.6. The lowest BCUT2D eigenvalue weighted by molar-refractivity contribution is 0.0940. The van der Waals surface area contributed by atoms with Crippen molar-refractivity contribution < 1.29 is 4.79 Å². The Labute approximate surface area is 207 Å². The number of nitrogens with one attached hydrogen (secondary N) is 1. The summed E-state index contributed by atoms with van der Waals surface area (Å²) in [6.45, 7) is 10.7. The van der Waals surface area contributed by atoms with Crippen LogP contribution >= 0.6 is 11.8 Å². The molecule has 4 rings (SSSR count). The highest BCUT2D eigenvalue weighted by Crippen LogP contribution is 2.29. The van der Waals surface area contributed by atoms with Gasteiger partial charge in [-0.2, -0.15) is 0 Å². The van der Waals surface area contributed by atoms with E-state index in [2.05, 4.69) is 43.1 Å². The third kappa shape index (κ3) is 6.17. The van der Waals surface area contributed by atoms with Gasteiger partial charge in [0.1, 0.15) is 5.82 Å². The first-order chi connectivity index (χ1) is 16.3. The fourth-order valence-corrected chi connectivity index (χ4v) is 4.82. The highest BCUT2D eigenvalue weighted by molar-refractivity contribution is 7.98. The summed E-state index contributed by atoms with van der Waals surface area (Å²) in [5.74, 6) is 1.68.